The molecule has 3 aromatic heterocycles. The van der Waals surface area contributed by atoms with E-state index in [1.165, 1.54) is 12.4 Å². The van der Waals surface area contributed by atoms with Gasteiger partial charge in [0.25, 0.3) is 0 Å². The Labute approximate surface area is 159 Å². The molecule has 5 aromatic rings. The van der Waals surface area contributed by atoms with Crippen LogP contribution < -0.4 is 5.32 Å². The molecule has 0 spiro atoms. The highest BCUT2D eigenvalue weighted by Crippen LogP contribution is 2.33. The third-order valence-electron chi connectivity index (χ3n) is 4.77. The molecule has 0 aliphatic carbocycles. The van der Waals surface area contributed by atoms with Crippen LogP contribution in [0.2, 0.25) is 0 Å². The molecule has 0 saturated carbocycles. The molecule has 0 fully saturated rings. The average Bonchev–Trinajstić information content (AvgIpc) is 3.31. The number of para-hydroxylation sites is 1. The number of benzene rings is 2. The highest BCUT2D eigenvalue weighted by molar-refractivity contribution is 6.05. The quantitative estimate of drug-likeness (QED) is 0.504. The minimum absolute atomic E-state index is 0.321. The molecule has 6 nitrogen and oxygen atoms in total. The molecule has 7 heteroatoms. The summed E-state index contributed by atoms with van der Waals surface area (Å²) in [6.07, 6.45) is 4.98. The highest BCUT2D eigenvalue weighted by atomic mass is 19.1. The van der Waals surface area contributed by atoms with Crippen LogP contribution in [0.4, 0.5) is 10.2 Å². The first-order chi connectivity index (χ1) is 13.7. The average molecular weight is 373 g/mol. The SMILES string of the molecule is Cn1ccnc1[C@@H](Nc1ncnc2c1oc1ccccc12)c1ccccc1F. The molecular formula is C21H16FN5O. The number of hydrogen-bond acceptors (Lipinski definition) is 5. The van der Waals surface area contributed by atoms with E-state index in [4.69, 9.17) is 4.42 Å². The van der Waals surface area contributed by atoms with Gasteiger partial charge in [0.1, 0.15) is 35.1 Å². The number of fused-ring (bicyclic) bond motifs is 3. The van der Waals surface area contributed by atoms with Crippen molar-refractivity contribution in [3.63, 3.8) is 0 Å². The fourth-order valence-electron chi connectivity index (χ4n) is 3.41. The van der Waals surface area contributed by atoms with Gasteiger partial charge in [-0.2, -0.15) is 0 Å². The Kier molecular flexibility index (Phi) is 3.79. The van der Waals surface area contributed by atoms with Crippen molar-refractivity contribution in [1.29, 1.82) is 0 Å². The van der Waals surface area contributed by atoms with Crippen LogP contribution in [0.25, 0.3) is 22.1 Å². The van der Waals surface area contributed by atoms with Gasteiger partial charge in [0.15, 0.2) is 11.4 Å². The molecule has 138 valence electrons. The molecule has 0 radical (unpaired) electrons. The molecule has 2 aromatic carbocycles. The van der Waals surface area contributed by atoms with Crippen LogP contribution in [-0.4, -0.2) is 19.5 Å². The summed E-state index contributed by atoms with van der Waals surface area (Å²) >= 11 is 0. The molecular weight excluding hydrogens is 357 g/mol. The standard InChI is InChI=1S/C21H16FN5O/c1-27-11-10-23-21(27)18(13-6-2-4-8-15(13)22)26-20-19-17(24-12-25-20)14-7-3-5-9-16(14)28-19/h2-12,18H,1H3,(H,24,25,26)/t18-/m0/s1. The first-order valence-corrected chi connectivity index (χ1v) is 8.83. The molecule has 1 N–H and O–H groups in total. The van der Waals surface area contributed by atoms with Gasteiger partial charge in [-0.25, -0.2) is 19.3 Å². The second kappa shape index (κ2) is 6.45. The van der Waals surface area contributed by atoms with E-state index in [1.54, 1.807) is 24.4 Å². The summed E-state index contributed by atoms with van der Waals surface area (Å²) in [6, 6.07) is 13.8. The number of aryl methyl sites for hydroxylation is 1. The van der Waals surface area contributed by atoms with Crippen molar-refractivity contribution in [2.24, 2.45) is 7.05 Å². The number of nitrogens with one attached hydrogen (secondary N) is 1. The number of rotatable bonds is 4. The minimum atomic E-state index is -0.549. The fourth-order valence-corrected chi connectivity index (χ4v) is 3.41. The zero-order valence-electron chi connectivity index (χ0n) is 15.0. The second-order valence-corrected chi connectivity index (χ2v) is 6.49. The van der Waals surface area contributed by atoms with Gasteiger partial charge in [0.05, 0.1) is 0 Å². The lowest BCUT2D eigenvalue weighted by molar-refractivity contribution is 0.595. The van der Waals surface area contributed by atoms with E-state index in [0.717, 1.165) is 11.0 Å². The Balaban J connectivity index is 1.68. The van der Waals surface area contributed by atoms with Crippen molar-refractivity contribution >= 4 is 27.9 Å². The third-order valence-corrected chi connectivity index (χ3v) is 4.77. The van der Waals surface area contributed by atoms with Crippen molar-refractivity contribution in [1.82, 2.24) is 19.5 Å². The van der Waals surface area contributed by atoms with E-state index in [0.29, 0.717) is 28.3 Å². The molecule has 1 atom stereocenters. The maximum Gasteiger partial charge on any atom is 0.196 e. The molecule has 5 rings (SSSR count). The molecule has 0 unspecified atom stereocenters. The normalized spacial score (nSPS) is 12.5. The van der Waals surface area contributed by atoms with Gasteiger partial charge in [-0.15, -0.1) is 0 Å². The number of halogens is 1. The molecule has 3 heterocycles. The van der Waals surface area contributed by atoms with Crippen LogP contribution in [0.1, 0.15) is 17.4 Å². The van der Waals surface area contributed by atoms with E-state index < -0.39 is 6.04 Å². The number of aromatic nitrogens is 4. The van der Waals surface area contributed by atoms with Crippen molar-refractivity contribution in [3.05, 3.63) is 84.5 Å². The summed E-state index contributed by atoms with van der Waals surface area (Å²) in [7, 11) is 1.87. The molecule has 0 amide bonds. The smallest absolute Gasteiger partial charge is 0.196 e. The van der Waals surface area contributed by atoms with Gasteiger partial charge in [-0.05, 0) is 18.2 Å². The number of anilines is 1. The minimum Gasteiger partial charge on any atom is -0.450 e. The Morgan fingerprint density at radius 3 is 2.68 bits per heavy atom. The van der Waals surface area contributed by atoms with Crippen LogP contribution in [-0.2, 0) is 7.05 Å². The molecule has 0 saturated heterocycles. The number of hydrogen-bond donors (Lipinski definition) is 1. The first-order valence-electron chi connectivity index (χ1n) is 8.83. The molecule has 28 heavy (non-hydrogen) atoms. The van der Waals surface area contributed by atoms with Crippen molar-refractivity contribution in [3.8, 4) is 0 Å². The predicted octanol–water partition coefficient (Wildman–Crippen LogP) is 4.45. The lowest BCUT2D eigenvalue weighted by Crippen LogP contribution is -2.18. The monoisotopic (exact) mass is 373 g/mol. The zero-order chi connectivity index (χ0) is 19.1. The summed E-state index contributed by atoms with van der Waals surface area (Å²) in [5.74, 6) is 0.823. The van der Waals surface area contributed by atoms with E-state index in [1.807, 2.05) is 42.1 Å². The largest absolute Gasteiger partial charge is 0.450 e. The maximum absolute atomic E-state index is 14.6. The van der Waals surface area contributed by atoms with Gasteiger partial charge in [-0.3, -0.25) is 0 Å². The van der Waals surface area contributed by atoms with Crippen LogP contribution in [0.15, 0.2) is 71.7 Å². The molecule has 0 aliphatic heterocycles. The zero-order valence-corrected chi connectivity index (χ0v) is 15.0. The predicted molar refractivity (Wildman–Crippen MR) is 104 cm³/mol. The summed E-state index contributed by atoms with van der Waals surface area (Å²) in [6.45, 7) is 0. The van der Waals surface area contributed by atoms with Crippen LogP contribution in [0.3, 0.4) is 0 Å². The van der Waals surface area contributed by atoms with E-state index in [2.05, 4.69) is 20.3 Å². The lowest BCUT2D eigenvalue weighted by atomic mass is 10.1. The van der Waals surface area contributed by atoms with E-state index in [-0.39, 0.29) is 5.82 Å². The molecule has 0 bridgehead atoms. The lowest BCUT2D eigenvalue weighted by Gasteiger charge is -2.20. The summed E-state index contributed by atoms with van der Waals surface area (Å²) in [5, 5.41) is 4.22. The van der Waals surface area contributed by atoms with Crippen molar-refractivity contribution in [2.75, 3.05) is 5.32 Å². The molecule has 0 aliphatic rings. The van der Waals surface area contributed by atoms with Gasteiger partial charge < -0.3 is 14.3 Å². The van der Waals surface area contributed by atoms with E-state index in [9.17, 15) is 4.39 Å². The van der Waals surface area contributed by atoms with Crippen molar-refractivity contribution < 1.29 is 8.81 Å². The fraction of sp³-hybridized carbons (Fsp3) is 0.0952. The Bertz CT molecular complexity index is 1290. The topological polar surface area (TPSA) is 68.8 Å². The number of furan rings is 1. The van der Waals surface area contributed by atoms with Crippen LogP contribution in [0, 0.1) is 5.82 Å². The van der Waals surface area contributed by atoms with Crippen LogP contribution in [0.5, 0.6) is 0 Å². The van der Waals surface area contributed by atoms with Gasteiger partial charge in [0.2, 0.25) is 0 Å². The Morgan fingerprint density at radius 2 is 1.86 bits per heavy atom. The van der Waals surface area contributed by atoms with E-state index >= 15 is 0 Å². The maximum atomic E-state index is 14.6. The van der Waals surface area contributed by atoms with Crippen LogP contribution >= 0.6 is 0 Å². The van der Waals surface area contributed by atoms with Gasteiger partial charge in [0, 0.05) is 30.4 Å². The third kappa shape index (κ3) is 2.60. The second-order valence-electron chi connectivity index (χ2n) is 6.49. The number of nitrogens with zero attached hydrogens (tertiary/aromatic N) is 4. The highest BCUT2D eigenvalue weighted by Gasteiger charge is 2.24. The summed E-state index contributed by atoms with van der Waals surface area (Å²) in [4.78, 5) is 13.1. The van der Waals surface area contributed by atoms with Gasteiger partial charge >= 0.3 is 0 Å². The Morgan fingerprint density at radius 1 is 1.04 bits per heavy atom. The summed E-state index contributed by atoms with van der Waals surface area (Å²) < 4.78 is 22.5. The summed E-state index contributed by atoms with van der Waals surface area (Å²) in [5.41, 5.74) is 2.43. The first kappa shape index (κ1) is 16.4. The number of imidazole rings is 1. The van der Waals surface area contributed by atoms with Crippen molar-refractivity contribution in [2.45, 2.75) is 6.04 Å². The Hall–Kier alpha value is -3.74. The van der Waals surface area contributed by atoms with Gasteiger partial charge in [-0.1, -0.05) is 30.3 Å².